The van der Waals surface area contributed by atoms with Gasteiger partial charge in [-0.2, -0.15) is 11.8 Å². The molecular weight excluding hydrogens is 278 g/mol. The molecule has 0 bridgehead atoms. The molecule has 5 heteroatoms. The van der Waals surface area contributed by atoms with Crippen molar-refractivity contribution in [1.29, 1.82) is 0 Å². The molecule has 1 aromatic heterocycles. The van der Waals surface area contributed by atoms with Gasteiger partial charge in [0.05, 0.1) is 0 Å². The van der Waals surface area contributed by atoms with Gasteiger partial charge in [0.25, 0.3) is 0 Å². The van der Waals surface area contributed by atoms with Gasteiger partial charge in [0.15, 0.2) is 0 Å². The predicted molar refractivity (Wildman–Crippen MR) is 84.5 cm³/mol. The van der Waals surface area contributed by atoms with Crippen LogP contribution in [0.1, 0.15) is 37.6 Å². The Morgan fingerprint density at radius 1 is 1.37 bits per heavy atom. The molecular formula is C14H22ClN3S. The number of rotatable bonds is 3. The Kier molecular flexibility index (Phi) is 5.34. The smallest absolute Gasteiger partial charge is 0.137 e. The number of aryl methyl sites for hydroxylation is 1. The zero-order chi connectivity index (χ0) is 13.8. The molecule has 0 N–H and O–H groups in total. The summed E-state index contributed by atoms with van der Waals surface area (Å²) in [6.45, 7) is 6.24. The summed E-state index contributed by atoms with van der Waals surface area (Å²) in [5.41, 5.74) is 1.01. The van der Waals surface area contributed by atoms with Gasteiger partial charge in [0.2, 0.25) is 0 Å². The van der Waals surface area contributed by atoms with Gasteiger partial charge in [-0.15, -0.1) is 0 Å². The summed E-state index contributed by atoms with van der Waals surface area (Å²) in [6, 6.07) is 0. The lowest BCUT2D eigenvalue weighted by Crippen LogP contribution is -2.31. The van der Waals surface area contributed by atoms with E-state index in [0.717, 1.165) is 36.7 Å². The van der Waals surface area contributed by atoms with Crippen molar-refractivity contribution >= 4 is 29.2 Å². The molecule has 1 aliphatic heterocycles. The Morgan fingerprint density at radius 3 is 2.84 bits per heavy atom. The summed E-state index contributed by atoms with van der Waals surface area (Å²) in [5, 5.41) is 1.30. The number of anilines is 1. The van der Waals surface area contributed by atoms with Crippen molar-refractivity contribution in [2.75, 3.05) is 24.2 Å². The Balaban J connectivity index is 2.30. The van der Waals surface area contributed by atoms with Crippen LogP contribution < -0.4 is 4.90 Å². The molecule has 1 aliphatic rings. The van der Waals surface area contributed by atoms with Crippen LogP contribution in [-0.4, -0.2) is 34.6 Å². The third-order valence-corrected chi connectivity index (χ3v) is 5.10. The Morgan fingerprint density at radius 2 is 2.16 bits per heavy atom. The van der Waals surface area contributed by atoms with Gasteiger partial charge in [-0.3, -0.25) is 0 Å². The number of halogens is 1. The maximum Gasteiger partial charge on any atom is 0.137 e. The van der Waals surface area contributed by atoms with E-state index in [0.29, 0.717) is 10.4 Å². The highest BCUT2D eigenvalue weighted by Crippen LogP contribution is 2.28. The van der Waals surface area contributed by atoms with E-state index in [1.807, 2.05) is 18.7 Å². The fourth-order valence-corrected chi connectivity index (χ4v) is 3.39. The summed E-state index contributed by atoms with van der Waals surface area (Å²) in [4.78, 5) is 11.4. The van der Waals surface area contributed by atoms with Crippen LogP contribution in [0.2, 0.25) is 5.15 Å². The maximum atomic E-state index is 6.25. The highest BCUT2D eigenvalue weighted by atomic mass is 35.5. The summed E-state index contributed by atoms with van der Waals surface area (Å²) in [6.07, 6.45) is 6.87. The molecule has 0 spiro atoms. The summed E-state index contributed by atoms with van der Waals surface area (Å²) in [7, 11) is 0. The molecule has 3 nitrogen and oxygen atoms in total. The number of thioether (sulfide) groups is 1. The molecule has 0 aromatic carbocycles. The topological polar surface area (TPSA) is 29.0 Å². The van der Waals surface area contributed by atoms with Crippen molar-refractivity contribution in [3.05, 3.63) is 16.5 Å². The maximum absolute atomic E-state index is 6.25. The van der Waals surface area contributed by atoms with E-state index in [2.05, 4.69) is 23.1 Å². The second kappa shape index (κ2) is 6.80. The Labute approximate surface area is 125 Å². The molecule has 19 heavy (non-hydrogen) atoms. The number of aromatic nitrogens is 2. The van der Waals surface area contributed by atoms with Gasteiger partial charge >= 0.3 is 0 Å². The van der Waals surface area contributed by atoms with Crippen molar-refractivity contribution in [3.63, 3.8) is 0 Å². The van der Waals surface area contributed by atoms with Crippen molar-refractivity contribution in [2.24, 2.45) is 0 Å². The standard InChI is InChI=1S/C14H22ClN3S/c1-4-12-16-13(15)10(2)14(17-12)18-8-6-5-7-11(9-18)19-3/h11H,4-9H2,1-3H3. The van der Waals surface area contributed by atoms with Crippen LogP contribution in [0, 0.1) is 6.92 Å². The van der Waals surface area contributed by atoms with E-state index < -0.39 is 0 Å². The molecule has 2 heterocycles. The van der Waals surface area contributed by atoms with Gasteiger partial charge in [0, 0.05) is 30.3 Å². The lowest BCUT2D eigenvalue weighted by Gasteiger charge is -2.26. The van der Waals surface area contributed by atoms with Crippen LogP contribution in [0.3, 0.4) is 0 Å². The lowest BCUT2D eigenvalue weighted by molar-refractivity contribution is 0.735. The minimum absolute atomic E-state index is 0.604. The van der Waals surface area contributed by atoms with Gasteiger partial charge in [-0.1, -0.05) is 24.9 Å². The van der Waals surface area contributed by atoms with E-state index in [-0.39, 0.29) is 0 Å². The van der Waals surface area contributed by atoms with Crippen molar-refractivity contribution < 1.29 is 0 Å². The largest absolute Gasteiger partial charge is 0.355 e. The molecule has 1 aromatic rings. The van der Waals surface area contributed by atoms with E-state index in [9.17, 15) is 0 Å². The average molecular weight is 300 g/mol. The van der Waals surface area contributed by atoms with E-state index >= 15 is 0 Å². The van der Waals surface area contributed by atoms with Crippen LogP contribution in [0.25, 0.3) is 0 Å². The van der Waals surface area contributed by atoms with Crippen molar-refractivity contribution in [1.82, 2.24) is 9.97 Å². The molecule has 0 saturated carbocycles. The third-order valence-electron chi connectivity index (χ3n) is 3.68. The molecule has 1 atom stereocenters. The summed E-state index contributed by atoms with van der Waals surface area (Å²) >= 11 is 8.20. The molecule has 0 aliphatic carbocycles. The van der Waals surface area contributed by atoms with E-state index in [1.54, 1.807) is 0 Å². The molecule has 0 radical (unpaired) electrons. The molecule has 1 unspecified atom stereocenters. The first kappa shape index (κ1) is 14.9. The van der Waals surface area contributed by atoms with Crippen LogP contribution in [0.5, 0.6) is 0 Å². The van der Waals surface area contributed by atoms with Crippen molar-refractivity contribution in [3.8, 4) is 0 Å². The first-order valence-corrected chi connectivity index (χ1v) is 8.63. The van der Waals surface area contributed by atoms with Gasteiger partial charge in [0.1, 0.15) is 16.8 Å². The highest BCUT2D eigenvalue weighted by molar-refractivity contribution is 7.99. The number of nitrogens with zero attached hydrogens (tertiary/aromatic N) is 3. The first-order chi connectivity index (χ1) is 9.15. The van der Waals surface area contributed by atoms with Crippen LogP contribution in [0.15, 0.2) is 0 Å². The zero-order valence-corrected chi connectivity index (χ0v) is 13.5. The second-order valence-corrected chi connectivity index (χ2v) is 6.53. The molecule has 0 amide bonds. The second-order valence-electron chi connectivity index (χ2n) is 5.03. The Bertz CT molecular complexity index is 439. The third kappa shape index (κ3) is 3.54. The van der Waals surface area contributed by atoms with Gasteiger partial charge in [-0.05, 0) is 26.0 Å². The normalized spacial score (nSPS) is 20.4. The molecule has 2 rings (SSSR count). The quantitative estimate of drug-likeness (QED) is 0.796. The average Bonchev–Trinajstić information content (AvgIpc) is 2.67. The summed E-state index contributed by atoms with van der Waals surface area (Å²) < 4.78 is 0. The Hall–Kier alpha value is -0.480. The highest BCUT2D eigenvalue weighted by Gasteiger charge is 2.21. The fraction of sp³-hybridized carbons (Fsp3) is 0.714. The minimum atomic E-state index is 0.604. The minimum Gasteiger partial charge on any atom is -0.355 e. The zero-order valence-electron chi connectivity index (χ0n) is 11.9. The molecule has 1 fully saturated rings. The van der Waals surface area contributed by atoms with Crippen LogP contribution >= 0.6 is 23.4 Å². The predicted octanol–water partition coefficient (Wildman–Crippen LogP) is 3.72. The number of hydrogen-bond donors (Lipinski definition) is 0. The first-order valence-electron chi connectivity index (χ1n) is 6.96. The van der Waals surface area contributed by atoms with Gasteiger partial charge in [-0.25, -0.2) is 9.97 Å². The van der Waals surface area contributed by atoms with Crippen LogP contribution in [-0.2, 0) is 6.42 Å². The van der Waals surface area contributed by atoms with Gasteiger partial charge < -0.3 is 4.90 Å². The monoisotopic (exact) mass is 299 g/mol. The van der Waals surface area contributed by atoms with Crippen molar-refractivity contribution in [2.45, 2.75) is 44.8 Å². The SMILES string of the molecule is CCc1nc(Cl)c(C)c(N2CCCCC(SC)C2)n1. The number of hydrogen-bond acceptors (Lipinski definition) is 4. The molecule has 106 valence electrons. The molecule has 1 saturated heterocycles. The lowest BCUT2D eigenvalue weighted by atomic mass is 10.2. The van der Waals surface area contributed by atoms with Crippen LogP contribution in [0.4, 0.5) is 5.82 Å². The summed E-state index contributed by atoms with van der Waals surface area (Å²) in [5.74, 6) is 1.88. The van der Waals surface area contributed by atoms with E-state index in [4.69, 9.17) is 16.6 Å². The van der Waals surface area contributed by atoms with E-state index in [1.165, 1.54) is 19.3 Å². The fourth-order valence-electron chi connectivity index (χ4n) is 2.47.